The second-order valence-corrected chi connectivity index (χ2v) is 3.61. The van der Waals surface area contributed by atoms with Gasteiger partial charge < -0.3 is 15.4 Å². The summed E-state index contributed by atoms with van der Waals surface area (Å²) in [4.78, 5) is 36.0. The van der Waals surface area contributed by atoms with Crippen LogP contribution in [0, 0.1) is 0 Å². The van der Waals surface area contributed by atoms with Crippen LogP contribution in [0.4, 0.5) is 0 Å². The molecule has 0 saturated carbocycles. The van der Waals surface area contributed by atoms with E-state index in [1.165, 1.54) is 12.3 Å². The maximum atomic E-state index is 11.7. The highest BCUT2D eigenvalue weighted by molar-refractivity contribution is 5.96. The number of aliphatic carboxylic acids is 1. The molecule has 0 radical (unpaired) electrons. The minimum Gasteiger partial charge on any atom is -0.480 e. The van der Waals surface area contributed by atoms with E-state index in [0.29, 0.717) is 0 Å². The average molecular weight is 250 g/mol. The zero-order valence-electron chi connectivity index (χ0n) is 9.84. The quantitative estimate of drug-likeness (QED) is 0.663. The fourth-order valence-corrected chi connectivity index (χ4v) is 1.32. The van der Waals surface area contributed by atoms with E-state index in [1.54, 1.807) is 19.1 Å². The van der Waals surface area contributed by atoms with Crippen LogP contribution in [-0.4, -0.2) is 28.0 Å². The van der Waals surface area contributed by atoms with Crippen LogP contribution in [0.2, 0.25) is 0 Å². The molecule has 1 aromatic rings. The number of carboxylic acids is 1. The van der Waals surface area contributed by atoms with Crippen molar-refractivity contribution in [1.29, 1.82) is 0 Å². The summed E-state index contributed by atoms with van der Waals surface area (Å²) in [6, 6.07) is 1.52. The highest BCUT2D eigenvalue weighted by Crippen LogP contribution is 1.99. The van der Waals surface area contributed by atoms with Crippen molar-refractivity contribution in [2.75, 3.05) is 0 Å². The number of carbonyl (C=O) groups excluding carboxylic acids is 1. The van der Waals surface area contributed by atoms with Crippen LogP contribution in [-0.2, 0) is 4.79 Å². The Balaban J connectivity index is 2.78. The molecule has 6 nitrogen and oxygen atoms in total. The van der Waals surface area contributed by atoms with Crippen LogP contribution in [0.1, 0.15) is 23.7 Å². The molecule has 1 heterocycles. The van der Waals surface area contributed by atoms with E-state index in [0.717, 1.165) is 6.07 Å². The number of carbonyl (C=O) groups is 2. The highest BCUT2D eigenvalue weighted by Gasteiger charge is 2.19. The minimum atomic E-state index is -1.12. The summed E-state index contributed by atoms with van der Waals surface area (Å²) in [6.45, 7) is 1.76. The van der Waals surface area contributed by atoms with Crippen molar-refractivity contribution in [3.63, 3.8) is 0 Å². The summed E-state index contributed by atoms with van der Waals surface area (Å²) in [5, 5.41) is 11.3. The molecule has 6 heteroatoms. The third-order valence-corrected chi connectivity index (χ3v) is 2.25. The number of nitrogens with one attached hydrogen (secondary N) is 2. The third-order valence-electron chi connectivity index (χ3n) is 2.25. The Morgan fingerprint density at radius 1 is 1.56 bits per heavy atom. The summed E-state index contributed by atoms with van der Waals surface area (Å²) in [6.07, 6.45) is 4.88. The molecule has 18 heavy (non-hydrogen) atoms. The van der Waals surface area contributed by atoms with Gasteiger partial charge in [-0.15, -0.1) is 0 Å². The number of pyridine rings is 1. The summed E-state index contributed by atoms with van der Waals surface area (Å²) < 4.78 is 0. The van der Waals surface area contributed by atoms with Gasteiger partial charge in [-0.25, -0.2) is 4.79 Å². The summed E-state index contributed by atoms with van der Waals surface area (Å²) in [5.74, 6) is -1.70. The van der Waals surface area contributed by atoms with E-state index in [-0.39, 0.29) is 12.0 Å². The van der Waals surface area contributed by atoms with Crippen molar-refractivity contribution >= 4 is 11.9 Å². The Labute approximate surface area is 103 Å². The molecule has 0 bridgehead atoms. The van der Waals surface area contributed by atoms with Crippen LogP contribution < -0.4 is 10.9 Å². The van der Waals surface area contributed by atoms with Gasteiger partial charge in [-0.05, 0) is 19.4 Å². The second kappa shape index (κ2) is 6.39. The Kier molecular flexibility index (Phi) is 4.86. The van der Waals surface area contributed by atoms with Crippen molar-refractivity contribution in [2.24, 2.45) is 0 Å². The molecule has 0 aliphatic rings. The van der Waals surface area contributed by atoms with E-state index in [1.807, 2.05) is 0 Å². The molecule has 1 rings (SSSR count). The number of aromatic amines is 1. The first-order valence-corrected chi connectivity index (χ1v) is 5.38. The zero-order chi connectivity index (χ0) is 13.5. The number of hydrogen-bond donors (Lipinski definition) is 3. The summed E-state index contributed by atoms with van der Waals surface area (Å²) in [5.41, 5.74) is -0.284. The van der Waals surface area contributed by atoms with Gasteiger partial charge in [0.25, 0.3) is 5.91 Å². The molecule has 1 unspecified atom stereocenters. The van der Waals surface area contributed by atoms with Crippen molar-refractivity contribution in [3.05, 3.63) is 46.4 Å². The Bertz CT molecular complexity index is 519. The smallest absolute Gasteiger partial charge is 0.326 e. The molecule has 1 amide bonds. The topological polar surface area (TPSA) is 99.3 Å². The standard InChI is InChI=1S/C12H14N2O4/c1-2-3-4-9(12(17)18)14-11(16)8-5-6-13-10(15)7-8/h2-3,5-7,9H,4H2,1H3,(H,13,15)(H,14,16)(H,17,18)/b3-2+. The first kappa shape index (κ1) is 13.7. The van der Waals surface area contributed by atoms with Gasteiger partial charge in [0.2, 0.25) is 5.56 Å². The van der Waals surface area contributed by atoms with Gasteiger partial charge in [0.05, 0.1) is 0 Å². The third kappa shape index (κ3) is 3.89. The second-order valence-electron chi connectivity index (χ2n) is 3.61. The Morgan fingerprint density at radius 3 is 2.83 bits per heavy atom. The highest BCUT2D eigenvalue weighted by atomic mass is 16.4. The molecule has 1 atom stereocenters. The van der Waals surface area contributed by atoms with E-state index in [4.69, 9.17) is 5.11 Å². The number of carboxylic acid groups (broad SMARTS) is 1. The van der Waals surface area contributed by atoms with Crippen LogP contribution in [0.3, 0.4) is 0 Å². The molecule has 0 aromatic carbocycles. The molecule has 0 fully saturated rings. The monoisotopic (exact) mass is 250 g/mol. The number of hydrogen-bond acceptors (Lipinski definition) is 3. The van der Waals surface area contributed by atoms with Gasteiger partial charge in [-0.3, -0.25) is 9.59 Å². The summed E-state index contributed by atoms with van der Waals surface area (Å²) in [7, 11) is 0. The molecule has 0 saturated heterocycles. The lowest BCUT2D eigenvalue weighted by atomic mass is 10.1. The van der Waals surface area contributed by atoms with Gasteiger partial charge in [-0.2, -0.15) is 0 Å². The number of H-pyrrole nitrogens is 1. The van der Waals surface area contributed by atoms with Crippen LogP contribution in [0.25, 0.3) is 0 Å². The van der Waals surface area contributed by atoms with Crippen LogP contribution in [0.5, 0.6) is 0 Å². The lowest BCUT2D eigenvalue weighted by Gasteiger charge is -2.12. The van der Waals surface area contributed by atoms with Gasteiger partial charge in [0.1, 0.15) is 6.04 Å². The Morgan fingerprint density at radius 2 is 2.28 bits per heavy atom. The molecule has 0 spiro atoms. The number of amides is 1. The van der Waals surface area contributed by atoms with Crippen molar-refractivity contribution in [1.82, 2.24) is 10.3 Å². The SMILES string of the molecule is C/C=C/CC(NC(=O)c1cc[nH]c(=O)c1)C(=O)O. The largest absolute Gasteiger partial charge is 0.480 e. The van der Waals surface area contributed by atoms with E-state index < -0.39 is 23.5 Å². The minimum absolute atomic E-state index is 0.130. The fourth-order valence-electron chi connectivity index (χ4n) is 1.32. The van der Waals surface area contributed by atoms with Gasteiger partial charge in [0.15, 0.2) is 0 Å². The maximum Gasteiger partial charge on any atom is 0.326 e. The predicted molar refractivity (Wildman–Crippen MR) is 65.4 cm³/mol. The van der Waals surface area contributed by atoms with Gasteiger partial charge >= 0.3 is 5.97 Å². The molecule has 1 aromatic heterocycles. The Hall–Kier alpha value is -2.37. The average Bonchev–Trinajstić information content (AvgIpc) is 2.33. The van der Waals surface area contributed by atoms with Crippen molar-refractivity contribution in [3.8, 4) is 0 Å². The van der Waals surface area contributed by atoms with Crippen LogP contribution >= 0.6 is 0 Å². The first-order valence-electron chi connectivity index (χ1n) is 5.38. The lowest BCUT2D eigenvalue weighted by Crippen LogP contribution is -2.40. The number of aromatic nitrogens is 1. The van der Waals surface area contributed by atoms with E-state index in [2.05, 4.69) is 10.3 Å². The maximum absolute atomic E-state index is 11.7. The van der Waals surface area contributed by atoms with Crippen LogP contribution in [0.15, 0.2) is 35.3 Å². The number of rotatable bonds is 5. The van der Waals surface area contributed by atoms with Gasteiger partial charge in [0, 0.05) is 17.8 Å². The lowest BCUT2D eigenvalue weighted by molar-refractivity contribution is -0.139. The zero-order valence-corrected chi connectivity index (χ0v) is 9.84. The predicted octanol–water partition coefficient (Wildman–Crippen LogP) is 0.524. The van der Waals surface area contributed by atoms with E-state index >= 15 is 0 Å². The van der Waals surface area contributed by atoms with Crippen molar-refractivity contribution < 1.29 is 14.7 Å². The summed E-state index contributed by atoms with van der Waals surface area (Å²) >= 11 is 0. The van der Waals surface area contributed by atoms with Crippen molar-refractivity contribution in [2.45, 2.75) is 19.4 Å². The molecule has 96 valence electrons. The fraction of sp³-hybridized carbons (Fsp3) is 0.250. The van der Waals surface area contributed by atoms with Gasteiger partial charge in [-0.1, -0.05) is 12.2 Å². The molecule has 0 aliphatic heterocycles. The van der Waals surface area contributed by atoms with E-state index in [9.17, 15) is 14.4 Å². The molecule has 3 N–H and O–H groups in total. The molecule has 0 aliphatic carbocycles. The molecular weight excluding hydrogens is 236 g/mol. The number of allylic oxidation sites excluding steroid dienone is 1. The molecular formula is C12H14N2O4. The first-order chi connectivity index (χ1) is 8.54. The normalized spacial score (nSPS) is 12.3.